The molecule has 0 unspecified atom stereocenters. The molecule has 2 heterocycles. The Morgan fingerprint density at radius 1 is 1.37 bits per heavy atom. The van der Waals surface area contributed by atoms with Crippen LogP contribution in [0, 0.1) is 11.8 Å². The fraction of sp³-hybridized carbons (Fsp3) is 0.650. The first-order chi connectivity index (χ1) is 13.2. The van der Waals surface area contributed by atoms with Gasteiger partial charge in [0.25, 0.3) is 0 Å². The second-order valence-electron chi connectivity index (χ2n) is 7.58. The Morgan fingerprint density at radius 2 is 2.19 bits per heavy atom. The zero-order chi connectivity index (χ0) is 19.1. The molecule has 0 spiro atoms. The van der Waals surface area contributed by atoms with E-state index < -0.39 is 0 Å². The number of nitrogens with one attached hydrogen (secondary N) is 2. The number of guanidine groups is 1. The molecule has 0 aromatic carbocycles. The van der Waals surface area contributed by atoms with Crippen molar-refractivity contribution in [3.05, 3.63) is 24.2 Å². The maximum atomic E-state index is 5.33. The van der Waals surface area contributed by atoms with Crippen molar-refractivity contribution in [3.8, 4) is 11.6 Å². The molecule has 0 aliphatic heterocycles. The molecule has 3 rings (SSSR count). The van der Waals surface area contributed by atoms with Crippen LogP contribution in [0.1, 0.15) is 45.4 Å². The van der Waals surface area contributed by atoms with Gasteiger partial charge in [0.2, 0.25) is 5.82 Å². The van der Waals surface area contributed by atoms with Crippen molar-refractivity contribution in [2.24, 2.45) is 16.8 Å². The smallest absolute Gasteiger partial charge is 0.216 e. The predicted molar refractivity (Wildman–Crippen MR) is 108 cm³/mol. The Labute approximate surface area is 161 Å². The van der Waals surface area contributed by atoms with Crippen LogP contribution < -0.4 is 5.32 Å². The number of aromatic nitrogens is 3. The highest BCUT2D eigenvalue weighted by Crippen LogP contribution is 2.28. The summed E-state index contributed by atoms with van der Waals surface area (Å²) >= 11 is 0. The van der Waals surface area contributed by atoms with E-state index in [1.54, 1.807) is 6.26 Å². The summed E-state index contributed by atoms with van der Waals surface area (Å²) < 4.78 is 5.33. The summed E-state index contributed by atoms with van der Waals surface area (Å²) in [6.07, 6.45) is 7.72. The molecule has 0 atom stereocenters. The van der Waals surface area contributed by atoms with Crippen LogP contribution in [0.25, 0.3) is 11.6 Å². The molecule has 27 heavy (non-hydrogen) atoms. The minimum Gasteiger partial charge on any atom is -0.461 e. The van der Waals surface area contributed by atoms with E-state index >= 15 is 0 Å². The molecule has 0 saturated heterocycles. The second kappa shape index (κ2) is 9.58. The number of H-pyrrole nitrogens is 1. The average molecular weight is 373 g/mol. The summed E-state index contributed by atoms with van der Waals surface area (Å²) in [6.45, 7) is 7.09. The summed E-state index contributed by atoms with van der Waals surface area (Å²) in [5.41, 5.74) is 0. The molecule has 1 saturated carbocycles. The average Bonchev–Trinajstić information content (AvgIpc) is 3.34. The monoisotopic (exact) mass is 372 g/mol. The largest absolute Gasteiger partial charge is 0.461 e. The van der Waals surface area contributed by atoms with Crippen LogP contribution in [0.4, 0.5) is 0 Å². The zero-order valence-electron chi connectivity index (χ0n) is 16.7. The van der Waals surface area contributed by atoms with Gasteiger partial charge in [-0.3, -0.25) is 10.1 Å². The van der Waals surface area contributed by atoms with Gasteiger partial charge in [0.1, 0.15) is 5.82 Å². The number of nitrogens with zero attached hydrogens (tertiary/aromatic N) is 4. The lowest BCUT2D eigenvalue weighted by molar-refractivity contribution is 0.250. The van der Waals surface area contributed by atoms with Crippen LogP contribution in [0.3, 0.4) is 0 Å². The van der Waals surface area contributed by atoms with Crippen molar-refractivity contribution in [2.75, 3.05) is 26.7 Å². The fourth-order valence-corrected chi connectivity index (χ4v) is 3.65. The Morgan fingerprint density at radius 3 is 2.89 bits per heavy atom. The van der Waals surface area contributed by atoms with Gasteiger partial charge in [0.15, 0.2) is 11.7 Å². The van der Waals surface area contributed by atoms with Gasteiger partial charge in [0.05, 0.1) is 6.26 Å². The number of aliphatic imine (C=N–C) groups is 1. The molecule has 0 amide bonds. The molecule has 2 N–H and O–H groups in total. The lowest BCUT2D eigenvalue weighted by atomic mass is 9.83. The Hall–Kier alpha value is -2.31. The lowest BCUT2D eigenvalue weighted by Crippen LogP contribution is -2.42. The molecular formula is C20H32N6O. The number of hydrogen-bond donors (Lipinski definition) is 2. The number of furan rings is 1. The maximum Gasteiger partial charge on any atom is 0.216 e. The molecule has 148 valence electrons. The van der Waals surface area contributed by atoms with Crippen molar-refractivity contribution in [1.82, 2.24) is 25.4 Å². The van der Waals surface area contributed by atoms with Crippen molar-refractivity contribution < 1.29 is 4.42 Å². The quantitative estimate of drug-likeness (QED) is 0.575. The van der Waals surface area contributed by atoms with Gasteiger partial charge in [-0.1, -0.05) is 19.8 Å². The molecule has 0 bridgehead atoms. The van der Waals surface area contributed by atoms with Gasteiger partial charge >= 0.3 is 0 Å². The van der Waals surface area contributed by atoms with E-state index in [2.05, 4.69) is 46.3 Å². The molecule has 7 heteroatoms. The molecule has 2 aromatic rings. The summed E-state index contributed by atoms with van der Waals surface area (Å²) in [4.78, 5) is 11.5. The van der Waals surface area contributed by atoms with Crippen LogP contribution in [-0.2, 0) is 6.42 Å². The Kier molecular flexibility index (Phi) is 6.90. The zero-order valence-corrected chi connectivity index (χ0v) is 16.7. The van der Waals surface area contributed by atoms with Crippen molar-refractivity contribution in [1.29, 1.82) is 0 Å². The highest BCUT2D eigenvalue weighted by molar-refractivity contribution is 5.79. The van der Waals surface area contributed by atoms with Gasteiger partial charge in [0, 0.05) is 33.1 Å². The molecule has 7 nitrogen and oxygen atoms in total. The van der Waals surface area contributed by atoms with E-state index in [0.717, 1.165) is 43.1 Å². The molecule has 1 fully saturated rings. The molecule has 0 radical (unpaired) electrons. The molecular weight excluding hydrogens is 340 g/mol. The van der Waals surface area contributed by atoms with Crippen molar-refractivity contribution in [2.45, 2.75) is 46.0 Å². The van der Waals surface area contributed by atoms with Crippen LogP contribution in [0.15, 0.2) is 27.8 Å². The highest BCUT2D eigenvalue weighted by Gasteiger charge is 2.20. The number of rotatable bonds is 7. The predicted octanol–water partition coefficient (Wildman–Crippen LogP) is 3.33. The van der Waals surface area contributed by atoms with E-state index in [4.69, 9.17) is 9.41 Å². The second-order valence-corrected chi connectivity index (χ2v) is 7.58. The summed E-state index contributed by atoms with van der Waals surface area (Å²) in [5, 5.41) is 10.6. The third-order valence-corrected chi connectivity index (χ3v) is 5.25. The minimum atomic E-state index is 0.592. The lowest BCUT2D eigenvalue weighted by Gasteiger charge is -2.31. The standard InChI is InChI=1S/C20H32N6O/c1-4-21-20(26(3)14-16-9-7-15(2)8-10-16)22-12-11-18-23-19(25-24-18)17-6-5-13-27-17/h5-6,13,15-16H,4,7-12,14H2,1-3H3,(H,21,22)(H,23,24,25). The third kappa shape index (κ3) is 5.58. The third-order valence-electron chi connectivity index (χ3n) is 5.25. The van der Waals surface area contributed by atoms with Crippen molar-refractivity contribution in [3.63, 3.8) is 0 Å². The van der Waals surface area contributed by atoms with Crippen LogP contribution in [-0.4, -0.2) is 52.7 Å². The van der Waals surface area contributed by atoms with Crippen molar-refractivity contribution >= 4 is 5.96 Å². The molecule has 1 aliphatic rings. The van der Waals surface area contributed by atoms with Gasteiger partial charge in [-0.2, -0.15) is 5.10 Å². The Bertz CT molecular complexity index is 700. The normalized spacial score (nSPS) is 20.6. The highest BCUT2D eigenvalue weighted by atomic mass is 16.3. The topological polar surface area (TPSA) is 82.3 Å². The molecule has 2 aromatic heterocycles. The van der Waals surface area contributed by atoms with E-state index in [0.29, 0.717) is 18.1 Å². The summed E-state index contributed by atoms with van der Waals surface area (Å²) in [7, 11) is 2.14. The van der Waals surface area contributed by atoms with Crippen LogP contribution in [0.5, 0.6) is 0 Å². The van der Waals surface area contributed by atoms with Gasteiger partial charge in [-0.25, -0.2) is 4.98 Å². The molecule has 1 aliphatic carbocycles. The van der Waals surface area contributed by atoms with E-state index in [1.807, 2.05) is 12.1 Å². The van der Waals surface area contributed by atoms with Crippen LogP contribution in [0.2, 0.25) is 0 Å². The first kappa shape index (κ1) is 19.5. The maximum absolute atomic E-state index is 5.33. The summed E-state index contributed by atoms with van der Waals surface area (Å²) in [5.74, 6) is 4.74. The van der Waals surface area contributed by atoms with Gasteiger partial charge in [-0.15, -0.1) is 0 Å². The first-order valence-electron chi connectivity index (χ1n) is 10.1. The summed E-state index contributed by atoms with van der Waals surface area (Å²) in [6, 6.07) is 3.69. The van der Waals surface area contributed by atoms with E-state index in [1.165, 1.54) is 25.7 Å². The Balaban J connectivity index is 1.52. The minimum absolute atomic E-state index is 0.592. The van der Waals surface area contributed by atoms with E-state index in [9.17, 15) is 0 Å². The number of aromatic amines is 1. The van der Waals surface area contributed by atoms with Gasteiger partial charge < -0.3 is 14.6 Å². The number of hydrogen-bond acceptors (Lipinski definition) is 4. The SMILES string of the molecule is CCNC(=NCCc1nc(-c2ccco2)n[nH]1)N(C)CC1CCC(C)CC1. The first-order valence-corrected chi connectivity index (χ1v) is 10.1. The van der Waals surface area contributed by atoms with Crippen LogP contribution >= 0.6 is 0 Å². The van der Waals surface area contributed by atoms with E-state index in [-0.39, 0.29) is 0 Å². The van der Waals surface area contributed by atoms with Gasteiger partial charge in [-0.05, 0) is 43.7 Å². The fourth-order valence-electron chi connectivity index (χ4n) is 3.65.